The maximum Gasteiger partial charge on any atom is 0.250 e. The number of amides is 2. The monoisotopic (exact) mass is 286 g/mol. The molecule has 0 aromatic heterocycles. The fourth-order valence-electron chi connectivity index (χ4n) is 3.86. The van der Waals surface area contributed by atoms with Crippen molar-refractivity contribution in [2.75, 3.05) is 7.05 Å². The standard InChI is InChI=1S/C17H22N2O2/c1-3-10-17-11-9-14(18(17)2)15(20)19(16(17)21)12-13-7-5-4-6-8-13/h4-8,14H,3,9-12H2,1-2H3. The zero-order chi connectivity index (χ0) is 15.0. The molecule has 2 saturated heterocycles. The number of hydrogen-bond donors (Lipinski definition) is 0. The molecule has 4 nitrogen and oxygen atoms in total. The summed E-state index contributed by atoms with van der Waals surface area (Å²) in [5.41, 5.74) is 0.553. The number of piperazine rings is 1. The van der Waals surface area contributed by atoms with E-state index < -0.39 is 5.54 Å². The topological polar surface area (TPSA) is 40.6 Å². The number of carbonyl (C=O) groups excluding carboxylic acids is 2. The Morgan fingerprint density at radius 3 is 2.62 bits per heavy atom. The SMILES string of the molecule is CCCC12CCC(C(=O)N(Cc3ccccc3)C1=O)N2C. The van der Waals surface area contributed by atoms with Crippen LogP contribution < -0.4 is 0 Å². The third kappa shape index (κ3) is 2.09. The van der Waals surface area contributed by atoms with E-state index in [0.717, 1.165) is 31.2 Å². The van der Waals surface area contributed by atoms with Crippen molar-refractivity contribution in [2.24, 2.45) is 0 Å². The summed E-state index contributed by atoms with van der Waals surface area (Å²) in [5.74, 6) is -0.0370. The van der Waals surface area contributed by atoms with Gasteiger partial charge in [-0.2, -0.15) is 0 Å². The molecule has 3 rings (SSSR count). The summed E-state index contributed by atoms with van der Waals surface area (Å²) in [4.78, 5) is 29.1. The van der Waals surface area contributed by atoms with E-state index in [0.29, 0.717) is 6.54 Å². The summed E-state index contributed by atoms with van der Waals surface area (Å²) < 4.78 is 0. The number of hydrogen-bond acceptors (Lipinski definition) is 3. The van der Waals surface area contributed by atoms with Gasteiger partial charge in [0, 0.05) is 0 Å². The largest absolute Gasteiger partial charge is 0.281 e. The van der Waals surface area contributed by atoms with Gasteiger partial charge in [-0.1, -0.05) is 43.7 Å². The van der Waals surface area contributed by atoms with E-state index in [1.165, 1.54) is 4.90 Å². The Morgan fingerprint density at radius 1 is 1.24 bits per heavy atom. The highest BCUT2D eigenvalue weighted by Crippen LogP contribution is 2.42. The van der Waals surface area contributed by atoms with E-state index in [9.17, 15) is 9.59 Å². The minimum atomic E-state index is -0.456. The summed E-state index contributed by atoms with van der Waals surface area (Å²) in [6, 6.07) is 9.63. The average Bonchev–Trinajstić information content (AvgIpc) is 2.78. The Morgan fingerprint density at radius 2 is 1.95 bits per heavy atom. The fourth-order valence-corrected chi connectivity index (χ4v) is 3.86. The molecule has 2 aliphatic rings. The van der Waals surface area contributed by atoms with Gasteiger partial charge in [0.05, 0.1) is 12.6 Å². The van der Waals surface area contributed by atoms with Crippen molar-refractivity contribution in [1.82, 2.24) is 9.80 Å². The van der Waals surface area contributed by atoms with Crippen LogP contribution in [0.15, 0.2) is 30.3 Å². The number of carbonyl (C=O) groups is 2. The van der Waals surface area contributed by atoms with Crippen LogP contribution in [0.2, 0.25) is 0 Å². The molecule has 2 unspecified atom stereocenters. The fraction of sp³-hybridized carbons (Fsp3) is 0.529. The van der Waals surface area contributed by atoms with E-state index in [4.69, 9.17) is 0 Å². The first-order chi connectivity index (χ1) is 10.1. The second-order valence-electron chi connectivity index (χ2n) is 6.16. The molecule has 2 amide bonds. The lowest BCUT2D eigenvalue weighted by Gasteiger charge is -2.45. The quantitative estimate of drug-likeness (QED) is 0.797. The lowest BCUT2D eigenvalue weighted by Crippen LogP contribution is -2.65. The second kappa shape index (κ2) is 5.26. The molecule has 2 bridgehead atoms. The molecule has 0 N–H and O–H groups in total. The van der Waals surface area contributed by atoms with Crippen LogP contribution in [0.3, 0.4) is 0 Å². The van der Waals surface area contributed by atoms with E-state index in [2.05, 4.69) is 6.92 Å². The van der Waals surface area contributed by atoms with Crippen molar-refractivity contribution in [1.29, 1.82) is 0 Å². The van der Waals surface area contributed by atoms with Gasteiger partial charge in [-0.3, -0.25) is 19.4 Å². The minimum absolute atomic E-state index is 0.00514. The smallest absolute Gasteiger partial charge is 0.250 e. The number of benzene rings is 1. The summed E-state index contributed by atoms with van der Waals surface area (Å²) >= 11 is 0. The van der Waals surface area contributed by atoms with Crippen molar-refractivity contribution in [3.8, 4) is 0 Å². The predicted molar refractivity (Wildman–Crippen MR) is 80.4 cm³/mol. The van der Waals surface area contributed by atoms with Crippen LogP contribution in [-0.4, -0.2) is 40.2 Å². The van der Waals surface area contributed by atoms with Crippen LogP contribution in [0.1, 0.15) is 38.2 Å². The lowest BCUT2D eigenvalue weighted by atomic mass is 9.88. The molecule has 112 valence electrons. The molecule has 2 heterocycles. The summed E-state index contributed by atoms with van der Waals surface area (Å²) in [6.45, 7) is 2.50. The molecule has 2 aliphatic heterocycles. The van der Waals surface area contributed by atoms with E-state index in [-0.39, 0.29) is 17.9 Å². The molecule has 4 heteroatoms. The van der Waals surface area contributed by atoms with Gasteiger partial charge in [-0.25, -0.2) is 0 Å². The van der Waals surface area contributed by atoms with Crippen LogP contribution in [0.4, 0.5) is 0 Å². The van der Waals surface area contributed by atoms with Gasteiger partial charge in [-0.15, -0.1) is 0 Å². The molecular weight excluding hydrogens is 264 g/mol. The molecule has 0 saturated carbocycles. The first-order valence-corrected chi connectivity index (χ1v) is 7.73. The van der Waals surface area contributed by atoms with Gasteiger partial charge in [0.2, 0.25) is 11.8 Å². The van der Waals surface area contributed by atoms with Crippen molar-refractivity contribution < 1.29 is 9.59 Å². The molecule has 1 aromatic rings. The molecule has 0 spiro atoms. The average molecular weight is 286 g/mol. The molecule has 0 radical (unpaired) electrons. The van der Waals surface area contributed by atoms with Gasteiger partial charge in [0.15, 0.2) is 0 Å². The summed E-state index contributed by atoms with van der Waals surface area (Å²) in [5, 5.41) is 0. The molecule has 21 heavy (non-hydrogen) atoms. The van der Waals surface area contributed by atoms with E-state index in [1.807, 2.05) is 42.3 Å². The molecule has 0 aliphatic carbocycles. The Kier molecular flexibility index (Phi) is 3.57. The Balaban J connectivity index is 1.91. The van der Waals surface area contributed by atoms with Crippen LogP contribution in [0.25, 0.3) is 0 Å². The first-order valence-electron chi connectivity index (χ1n) is 7.73. The number of imide groups is 1. The Bertz CT molecular complexity index is 557. The van der Waals surface area contributed by atoms with Crippen molar-refractivity contribution in [2.45, 2.75) is 50.7 Å². The highest BCUT2D eigenvalue weighted by molar-refractivity contribution is 6.05. The van der Waals surface area contributed by atoms with Crippen LogP contribution in [0.5, 0.6) is 0 Å². The molecule has 1 aromatic carbocycles. The van der Waals surface area contributed by atoms with Crippen LogP contribution >= 0.6 is 0 Å². The number of nitrogens with zero attached hydrogens (tertiary/aromatic N) is 2. The van der Waals surface area contributed by atoms with Crippen molar-refractivity contribution in [3.63, 3.8) is 0 Å². The normalized spacial score (nSPS) is 29.2. The number of likely N-dealkylation sites (N-methyl/N-ethyl adjacent to an activating group) is 1. The molecule has 2 fully saturated rings. The predicted octanol–water partition coefficient (Wildman–Crippen LogP) is 2.19. The van der Waals surface area contributed by atoms with Crippen LogP contribution in [-0.2, 0) is 16.1 Å². The zero-order valence-electron chi connectivity index (χ0n) is 12.7. The van der Waals surface area contributed by atoms with E-state index in [1.54, 1.807) is 0 Å². The van der Waals surface area contributed by atoms with E-state index >= 15 is 0 Å². The van der Waals surface area contributed by atoms with Gasteiger partial charge >= 0.3 is 0 Å². The van der Waals surface area contributed by atoms with Gasteiger partial charge in [0.25, 0.3) is 0 Å². The summed E-state index contributed by atoms with van der Waals surface area (Å²) in [6.07, 6.45) is 3.39. The zero-order valence-corrected chi connectivity index (χ0v) is 12.7. The van der Waals surface area contributed by atoms with Crippen LogP contribution in [0, 0.1) is 0 Å². The van der Waals surface area contributed by atoms with Crippen molar-refractivity contribution >= 4 is 11.8 Å². The Labute approximate surface area is 125 Å². The second-order valence-corrected chi connectivity index (χ2v) is 6.16. The first kappa shape index (κ1) is 14.3. The third-order valence-electron chi connectivity index (χ3n) is 5.02. The summed E-state index contributed by atoms with van der Waals surface area (Å²) in [7, 11) is 1.93. The lowest BCUT2D eigenvalue weighted by molar-refractivity contribution is -0.163. The third-order valence-corrected chi connectivity index (χ3v) is 5.02. The Hall–Kier alpha value is -1.68. The van der Waals surface area contributed by atoms with Gasteiger partial charge < -0.3 is 0 Å². The minimum Gasteiger partial charge on any atom is -0.281 e. The number of likely N-dealkylation sites (tertiary alicyclic amines) is 1. The molecule has 2 atom stereocenters. The van der Waals surface area contributed by atoms with Gasteiger partial charge in [-0.05, 0) is 31.9 Å². The van der Waals surface area contributed by atoms with Gasteiger partial charge in [0.1, 0.15) is 5.54 Å². The maximum absolute atomic E-state index is 13.0. The highest BCUT2D eigenvalue weighted by atomic mass is 16.2. The maximum atomic E-state index is 13.0. The highest BCUT2D eigenvalue weighted by Gasteiger charge is 2.58. The number of rotatable bonds is 4. The number of fused-ring (bicyclic) bond motifs is 2. The van der Waals surface area contributed by atoms with Crippen molar-refractivity contribution in [3.05, 3.63) is 35.9 Å². The molecular formula is C17H22N2O2.